The van der Waals surface area contributed by atoms with Crippen LogP contribution in [0, 0.1) is 0 Å². The summed E-state index contributed by atoms with van der Waals surface area (Å²) in [4.78, 5) is 0. The molecule has 0 fully saturated rings. The van der Waals surface area contributed by atoms with Crippen LogP contribution in [0.1, 0.15) is 31.1 Å². The lowest BCUT2D eigenvalue weighted by atomic mass is 9.97. The van der Waals surface area contributed by atoms with Crippen LogP contribution >= 0.6 is 15.9 Å². The molecular weight excluding hydrogens is 364 g/mol. The molecule has 0 radical (unpaired) electrons. The van der Waals surface area contributed by atoms with Crippen LogP contribution in [0.15, 0.2) is 28.3 Å². The topological polar surface area (TPSA) is 57.2 Å². The molecule has 1 aromatic carbocycles. The molecule has 1 atom stereocenters. The fourth-order valence-electron chi connectivity index (χ4n) is 2.71. The zero-order valence-electron chi connectivity index (χ0n) is 13.7. The molecule has 0 saturated carbocycles. The smallest absolute Gasteiger partial charge is 0.184 e. The van der Waals surface area contributed by atoms with E-state index in [9.17, 15) is 5.11 Å². The molecule has 0 spiro atoms. The minimum Gasteiger partial charge on any atom is -0.493 e. The molecule has 0 heterocycles. The van der Waals surface area contributed by atoms with Gasteiger partial charge in [0, 0.05) is 19.8 Å². The van der Waals surface area contributed by atoms with Crippen LogP contribution in [-0.4, -0.2) is 39.1 Å². The molecular formula is C17H23BrO5. The number of aliphatic hydroxyl groups excluding tert-OH is 1. The van der Waals surface area contributed by atoms with Gasteiger partial charge in [0.2, 0.25) is 0 Å². The average molecular weight is 387 g/mol. The Kier molecular flexibility index (Phi) is 6.89. The predicted molar refractivity (Wildman–Crippen MR) is 90.9 cm³/mol. The van der Waals surface area contributed by atoms with Crippen molar-refractivity contribution in [1.82, 2.24) is 0 Å². The number of ether oxygens (including phenoxy) is 4. The highest BCUT2D eigenvalue weighted by Crippen LogP contribution is 2.42. The lowest BCUT2D eigenvalue weighted by molar-refractivity contribution is -0.106. The van der Waals surface area contributed by atoms with Gasteiger partial charge in [-0.1, -0.05) is 6.08 Å². The lowest BCUT2D eigenvalue weighted by Gasteiger charge is -2.27. The van der Waals surface area contributed by atoms with E-state index in [1.54, 1.807) is 21.3 Å². The Hall–Kier alpha value is -1.08. The van der Waals surface area contributed by atoms with E-state index < -0.39 is 6.29 Å². The standard InChI is InChI=1S/C17H23BrO5/c1-20-14-9-8-12(17(21-2)22-3)15(18)16(14)23-13-7-5-4-6-11(13)10-19/h6,8-9,13,17,19H,4-5,7,10H2,1-3H3/t13-/m0/s1. The van der Waals surface area contributed by atoms with Crippen molar-refractivity contribution in [2.75, 3.05) is 27.9 Å². The van der Waals surface area contributed by atoms with Crippen LogP contribution in [0.5, 0.6) is 11.5 Å². The third kappa shape index (κ3) is 4.07. The third-order valence-corrected chi connectivity index (χ3v) is 4.74. The van der Waals surface area contributed by atoms with E-state index in [0.717, 1.165) is 34.9 Å². The normalized spacial score (nSPS) is 18.0. The van der Waals surface area contributed by atoms with Crippen LogP contribution in [0.25, 0.3) is 0 Å². The third-order valence-electron chi connectivity index (χ3n) is 3.93. The first-order valence-electron chi connectivity index (χ1n) is 7.54. The Morgan fingerprint density at radius 2 is 2.00 bits per heavy atom. The van der Waals surface area contributed by atoms with Gasteiger partial charge in [0.1, 0.15) is 6.10 Å². The number of methoxy groups -OCH3 is 3. The zero-order chi connectivity index (χ0) is 16.8. The Balaban J connectivity index is 2.37. The molecule has 1 aliphatic carbocycles. The van der Waals surface area contributed by atoms with Crippen molar-refractivity contribution >= 4 is 15.9 Å². The van der Waals surface area contributed by atoms with Crippen molar-refractivity contribution in [3.8, 4) is 11.5 Å². The van der Waals surface area contributed by atoms with Gasteiger partial charge in [-0.25, -0.2) is 0 Å². The van der Waals surface area contributed by atoms with Gasteiger partial charge in [0.15, 0.2) is 17.8 Å². The molecule has 5 nitrogen and oxygen atoms in total. The van der Waals surface area contributed by atoms with Gasteiger partial charge >= 0.3 is 0 Å². The molecule has 0 saturated heterocycles. The van der Waals surface area contributed by atoms with E-state index in [2.05, 4.69) is 15.9 Å². The lowest BCUT2D eigenvalue weighted by Crippen LogP contribution is -2.24. The van der Waals surface area contributed by atoms with Crippen molar-refractivity contribution in [3.63, 3.8) is 0 Å². The first-order valence-corrected chi connectivity index (χ1v) is 8.34. The van der Waals surface area contributed by atoms with Gasteiger partial charge in [-0.2, -0.15) is 0 Å². The summed E-state index contributed by atoms with van der Waals surface area (Å²) in [6.07, 6.45) is 4.26. The van der Waals surface area contributed by atoms with Gasteiger partial charge in [-0.05, 0) is 52.9 Å². The second kappa shape index (κ2) is 8.68. The SMILES string of the molecule is COc1ccc(C(OC)OC)c(Br)c1O[C@H]1CCCC=C1CO. The average Bonchev–Trinajstić information content (AvgIpc) is 2.59. The molecule has 1 aromatic rings. The van der Waals surface area contributed by atoms with E-state index in [0.29, 0.717) is 11.5 Å². The maximum Gasteiger partial charge on any atom is 0.184 e. The quantitative estimate of drug-likeness (QED) is 0.572. The summed E-state index contributed by atoms with van der Waals surface area (Å²) < 4.78 is 23.0. The van der Waals surface area contributed by atoms with Crippen molar-refractivity contribution in [2.45, 2.75) is 31.7 Å². The van der Waals surface area contributed by atoms with Crippen LogP contribution in [0.2, 0.25) is 0 Å². The highest BCUT2D eigenvalue weighted by Gasteiger charge is 2.25. The summed E-state index contributed by atoms with van der Waals surface area (Å²) in [6, 6.07) is 3.70. The number of benzene rings is 1. The largest absolute Gasteiger partial charge is 0.493 e. The van der Waals surface area contributed by atoms with Gasteiger partial charge in [-0.15, -0.1) is 0 Å². The number of halogens is 1. The predicted octanol–water partition coefficient (Wildman–Crippen LogP) is 3.60. The van der Waals surface area contributed by atoms with Gasteiger partial charge < -0.3 is 24.1 Å². The summed E-state index contributed by atoms with van der Waals surface area (Å²) in [7, 11) is 4.76. The fraction of sp³-hybridized carbons (Fsp3) is 0.529. The monoisotopic (exact) mass is 386 g/mol. The maximum absolute atomic E-state index is 9.52. The molecule has 6 heteroatoms. The van der Waals surface area contributed by atoms with E-state index >= 15 is 0 Å². The number of rotatable bonds is 7. The van der Waals surface area contributed by atoms with Crippen molar-refractivity contribution < 1.29 is 24.1 Å². The minimum absolute atomic E-state index is 0.00303. The van der Waals surface area contributed by atoms with E-state index in [1.807, 2.05) is 18.2 Å². The van der Waals surface area contributed by atoms with Crippen molar-refractivity contribution in [1.29, 1.82) is 0 Å². The fourth-order valence-corrected chi connectivity index (χ4v) is 3.32. The zero-order valence-corrected chi connectivity index (χ0v) is 15.3. The van der Waals surface area contributed by atoms with E-state index in [-0.39, 0.29) is 12.7 Å². The summed E-state index contributed by atoms with van der Waals surface area (Å²) >= 11 is 3.58. The summed E-state index contributed by atoms with van der Waals surface area (Å²) in [5, 5.41) is 9.52. The molecule has 23 heavy (non-hydrogen) atoms. The summed E-state index contributed by atoms with van der Waals surface area (Å²) in [5.41, 5.74) is 1.72. The molecule has 2 rings (SSSR count). The highest BCUT2D eigenvalue weighted by molar-refractivity contribution is 9.10. The van der Waals surface area contributed by atoms with Crippen LogP contribution in [0.3, 0.4) is 0 Å². The molecule has 0 aliphatic heterocycles. The minimum atomic E-state index is -0.503. The van der Waals surface area contributed by atoms with Crippen LogP contribution in [-0.2, 0) is 9.47 Å². The maximum atomic E-state index is 9.52. The van der Waals surface area contributed by atoms with E-state index in [4.69, 9.17) is 18.9 Å². The van der Waals surface area contributed by atoms with Gasteiger partial charge in [-0.3, -0.25) is 0 Å². The molecule has 0 bridgehead atoms. The Bertz CT molecular complexity index is 554. The van der Waals surface area contributed by atoms with Gasteiger partial charge in [0.05, 0.1) is 18.2 Å². The second-order valence-electron chi connectivity index (χ2n) is 5.28. The molecule has 1 N–H and O–H groups in total. The van der Waals surface area contributed by atoms with Crippen molar-refractivity contribution in [3.05, 3.63) is 33.8 Å². The van der Waals surface area contributed by atoms with Crippen LogP contribution < -0.4 is 9.47 Å². The molecule has 1 aliphatic rings. The second-order valence-corrected chi connectivity index (χ2v) is 6.07. The Labute approximate surface area is 145 Å². The molecule has 0 unspecified atom stereocenters. The van der Waals surface area contributed by atoms with Crippen molar-refractivity contribution in [2.24, 2.45) is 0 Å². The number of hydrogen-bond donors (Lipinski definition) is 1. The first kappa shape index (κ1) is 18.3. The number of aliphatic hydroxyl groups is 1. The molecule has 128 valence electrons. The highest BCUT2D eigenvalue weighted by atomic mass is 79.9. The number of allylic oxidation sites excluding steroid dienone is 1. The van der Waals surface area contributed by atoms with E-state index in [1.165, 1.54) is 0 Å². The molecule has 0 aromatic heterocycles. The first-order chi connectivity index (χ1) is 11.2. The Morgan fingerprint density at radius 1 is 1.26 bits per heavy atom. The summed E-state index contributed by atoms with van der Waals surface area (Å²) in [5.74, 6) is 1.21. The molecule has 0 amide bonds. The number of hydrogen-bond acceptors (Lipinski definition) is 5. The Morgan fingerprint density at radius 3 is 2.61 bits per heavy atom. The summed E-state index contributed by atoms with van der Waals surface area (Å²) in [6.45, 7) is 0.00303. The van der Waals surface area contributed by atoms with Gasteiger partial charge in [0.25, 0.3) is 0 Å². The van der Waals surface area contributed by atoms with Crippen LogP contribution in [0.4, 0.5) is 0 Å².